The van der Waals surface area contributed by atoms with E-state index in [9.17, 15) is 0 Å². The largest absolute Gasteiger partial charge is 0.494 e. The lowest BCUT2D eigenvalue weighted by Gasteiger charge is -2.10. The molecule has 0 aliphatic rings. The van der Waals surface area contributed by atoms with E-state index >= 15 is 0 Å². The Morgan fingerprint density at radius 2 is 2.20 bits per heavy atom. The predicted molar refractivity (Wildman–Crippen MR) is 79.7 cm³/mol. The fourth-order valence-corrected chi connectivity index (χ4v) is 1.97. The summed E-state index contributed by atoms with van der Waals surface area (Å²) in [5.41, 5.74) is 1.93. The minimum absolute atomic E-state index is 0.656. The van der Waals surface area contributed by atoms with Crippen LogP contribution in [0.2, 0.25) is 0 Å². The van der Waals surface area contributed by atoms with Gasteiger partial charge in [0.15, 0.2) is 0 Å². The summed E-state index contributed by atoms with van der Waals surface area (Å²) in [4.78, 5) is 4.49. The highest BCUT2D eigenvalue weighted by molar-refractivity contribution is 5.56. The molecule has 108 valence electrons. The van der Waals surface area contributed by atoms with Gasteiger partial charge in [0.2, 0.25) is 5.95 Å². The normalized spacial score (nSPS) is 10.6. The highest BCUT2D eigenvalue weighted by atomic mass is 16.5. The van der Waals surface area contributed by atoms with Crippen LogP contribution in [-0.2, 0) is 11.3 Å². The van der Waals surface area contributed by atoms with Gasteiger partial charge in [-0.1, -0.05) is 6.07 Å². The molecule has 0 bridgehead atoms. The zero-order chi connectivity index (χ0) is 14.4. The summed E-state index contributed by atoms with van der Waals surface area (Å²) < 4.78 is 12.7. The highest BCUT2D eigenvalue weighted by Crippen LogP contribution is 2.21. The van der Waals surface area contributed by atoms with E-state index in [-0.39, 0.29) is 0 Å². The molecular formula is C15H21N3O2. The van der Waals surface area contributed by atoms with Crippen LogP contribution in [0.15, 0.2) is 30.5 Å². The molecule has 0 aliphatic heterocycles. The molecule has 0 amide bonds. The summed E-state index contributed by atoms with van der Waals surface area (Å²) in [7, 11) is 1.70. The van der Waals surface area contributed by atoms with Crippen LogP contribution in [0.25, 0.3) is 0 Å². The number of methoxy groups -OCH3 is 1. The molecule has 1 aromatic carbocycles. The molecule has 5 nitrogen and oxygen atoms in total. The van der Waals surface area contributed by atoms with Crippen molar-refractivity contribution in [3.63, 3.8) is 0 Å². The molecule has 2 rings (SSSR count). The van der Waals surface area contributed by atoms with Gasteiger partial charge in [-0.15, -0.1) is 0 Å². The summed E-state index contributed by atoms with van der Waals surface area (Å²) in [5.74, 6) is 1.66. The maximum atomic E-state index is 5.50. The molecule has 5 heteroatoms. The first kappa shape index (κ1) is 14.4. The average Bonchev–Trinajstić information content (AvgIpc) is 2.77. The van der Waals surface area contributed by atoms with Crippen LogP contribution in [0.1, 0.15) is 12.6 Å². The molecule has 1 heterocycles. The van der Waals surface area contributed by atoms with Gasteiger partial charge in [0.05, 0.1) is 18.9 Å². The van der Waals surface area contributed by atoms with Gasteiger partial charge in [-0.3, -0.25) is 0 Å². The zero-order valence-electron chi connectivity index (χ0n) is 12.2. The Kier molecular flexibility index (Phi) is 5.01. The second-order valence-corrected chi connectivity index (χ2v) is 4.48. The number of imidazole rings is 1. The van der Waals surface area contributed by atoms with Crippen molar-refractivity contribution in [3.05, 3.63) is 36.2 Å². The van der Waals surface area contributed by atoms with E-state index < -0.39 is 0 Å². The van der Waals surface area contributed by atoms with Crippen molar-refractivity contribution in [2.24, 2.45) is 0 Å². The van der Waals surface area contributed by atoms with Gasteiger partial charge in [0.1, 0.15) is 5.75 Å². The molecule has 1 N–H and O–H groups in total. The first-order valence-electron chi connectivity index (χ1n) is 6.75. The van der Waals surface area contributed by atoms with Crippen molar-refractivity contribution in [1.82, 2.24) is 9.55 Å². The van der Waals surface area contributed by atoms with Crippen molar-refractivity contribution >= 4 is 11.6 Å². The molecule has 0 saturated heterocycles. The maximum Gasteiger partial charge on any atom is 0.207 e. The minimum Gasteiger partial charge on any atom is -0.494 e. The fraction of sp³-hybridized carbons (Fsp3) is 0.400. The Hall–Kier alpha value is -2.01. The second kappa shape index (κ2) is 6.96. The first-order chi connectivity index (χ1) is 9.72. The van der Waals surface area contributed by atoms with E-state index in [1.807, 2.05) is 48.9 Å². The Bertz CT molecular complexity index is 552. The van der Waals surface area contributed by atoms with Crippen LogP contribution in [0.3, 0.4) is 0 Å². The molecule has 0 atom stereocenters. The summed E-state index contributed by atoms with van der Waals surface area (Å²) in [6, 6.07) is 7.86. The predicted octanol–water partition coefficient (Wildman–Crippen LogP) is 2.98. The van der Waals surface area contributed by atoms with Gasteiger partial charge in [0.25, 0.3) is 0 Å². The SMILES string of the molecule is CCOc1cccc(Nc2nc(C)cn2CCOC)c1. The summed E-state index contributed by atoms with van der Waals surface area (Å²) in [5, 5.41) is 3.32. The molecule has 20 heavy (non-hydrogen) atoms. The topological polar surface area (TPSA) is 48.3 Å². The first-order valence-corrected chi connectivity index (χ1v) is 6.75. The quantitative estimate of drug-likeness (QED) is 0.844. The molecule has 0 fully saturated rings. The van der Waals surface area contributed by atoms with Crippen molar-refractivity contribution < 1.29 is 9.47 Å². The number of ether oxygens (including phenoxy) is 2. The van der Waals surface area contributed by atoms with E-state index in [1.54, 1.807) is 7.11 Å². The van der Waals surface area contributed by atoms with Crippen LogP contribution in [0, 0.1) is 6.92 Å². The molecule has 0 saturated carbocycles. The Labute approximate surface area is 119 Å². The van der Waals surface area contributed by atoms with E-state index in [0.717, 1.165) is 29.6 Å². The molecule has 0 spiro atoms. The smallest absolute Gasteiger partial charge is 0.207 e. The van der Waals surface area contributed by atoms with Crippen LogP contribution in [0.5, 0.6) is 5.75 Å². The van der Waals surface area contributed by atoms with Gasteiger partial charge in [0, 0.05) is 31.6 Å². The number of anilines is 2. The lowest BCUT2D eigenvalue weighted by Crippen LogP contribution is -2.07. The van der Waals surface area contributed by atoms with Gasteiger partial charge in [-0.25, -0.2) is 4.98 Å². The number of hydrogen-bond acceptors (Lipinski definition) is 4. The van der Waals surface area contributed by atoms with E-state index in [2.05, 4.69) is 10.3 Å². The van der Waals surface area contributed by atoms with Crippen molar-refractivity contribution in [2.45, 2.75) is 20.4 Å². The molecule has 0 aliphatic carbocycles. The second-order valence-electron chi connectivity index (χ2n) is 4.48. The molecular weight excluding hydrogens is 254 g/mol. The Morgan fingerprint density at radius 1 is 1.35 bits per heavy atom. The van der Waals surface area contributed by atoms with Gasteiger partial charge in [-0.05, 0) is 26.0 Å². The third-order valence-electron chi connectivity index (χ3n) is 2.83. The third kappa shape index (κ3) is 3.74. The van der Waals surface area contributed by atoms with Gasteiger partial charge >= 0.3 is 0 Å². The number of nitrogens with one attached hydrogen (secondary N) is 1. The number of hydrogen-bond donors (Lipinski definition) is 1. The standard InChI is InChI=1S/C15H21N3O2/c1-4-20-14-7-5-6-13(10-14)17-15-16-12(2)11-18(15)8-9-19-3/h5-7,10-11H,4,8-9H2,1-3H3,(H,16,17). The molecule has 0 radical (unpaired) electrons. The Balaban J connectivity index is 2.14. The molecule has 0 unspecified atom stereocenters. The van der Waals surface area contributed by atoms with Crippen LogP contribution < -0.4 is 10.1 Å². The lowest BCUT2D eigenvalue weighted by molar-refractivity contribution is 0.188. The minimum atomic E-state index is 0.656. The van der Waals surface area contributed by atoms with Gasteiger partial charge < -0.3 is 19.4 Å². The van der Waals surface area contributed by atoms with Crippen LogP contribution >= 0.6 is 0 Å². The monoisotopic (exact) mass is 275 g/mol. The van der Waals surface area contributed by atoms with Crippen LogP contribution in [0.4, 0.5) is 11.6 Å². The van der Waals surface area contributed by atoms with Crippen molar-refractivity contribution in [3.8, 4) is 5.75 Å². The summed E-state index contributed by atoms with van der Waals surface area (Å²) in [6.45, 7) is 6.03. The number of benzene rings is 1. The molecule has 1 aromatic heterocycles. The number of nitrogens with zero attached hydrogens (tertiary/aromatic N) is 2. The van der Waals surface area contributed by atoms with E-state index in [0.29, 0.717) is 13.2 Å². The van der Waals surface area contributed by atoms with Crippen molar-refractivity contribution in [1.29, 1.82) is 0 Å². The number of aryl methyl sites for hydroxylation is 1. The lowest BCUT2D eigenvalue weighted by atomic mass is 10.3. The van der Waals surface area contributed by atoms with Gasteiger partial charge in [-0.2, -0.15) is 0 Å². The third-order valence-corrected chi connectivity index (χ3v) is 2.83. The van der Waals surface area contributed by atoms with Crippen LogP contribution in [-0.4, -0.2) is 29.9 Å². The van der Waals surface area contributed by atoms with E-state index in [1.165, 1.54) is 0 Å². The zero-order valence-corrected chi connectivity index (χ0v) is 12.2. The number of rotatable bonds is 7. The summed E-state index contributed by atoms with van der Waals surface area (Å²) >= 11 is 0. The highest BCUT2D eigenvalue weighted by Gasteiger charge is 2.06. The maximum absolute atomic E-state index is 5.50. The molecule has 2 aromatic rings. The van der Waals surface area contributed by atoms with Crippen molar-refractivity contribution in [2.75, 3.05) is 25.6 Å². The average molecular weight is 275 g/mol. The fourth-order valence-electron chi connectivity index (χ4n) is 1.97. The van der Waals surface area contributed by atoms with E-state index in [4.69, 9.17) is 9.47 Å². The summed E-state index contributed by atoms with van der Waals surface area (Å²) in [6.07, 6.45) is 2.01. The number of aromatic nitrogens is 2. The Morgan fingerprint density at radius 3 is 2.95 bits per heavy atom.